The summed E-state index contributed by atoms with van der Waals surface area (Å²) in [5.74, 6) is -5.21. The van der Waals surface area contributed by atoms with Crippen molar-refractivity contribution in [2.24, 2.45) is 5.73 Å². The molecule has 0 heterocycles. The zero-order valence-electron chi connectivity index (χ0n) is 11.1. The minimum atomic E-state index is -5.84. The molecule has 0 fully saturated rings. The fourth-order valence-electron chi connectivity index (χ4n) is 1.59. The van der Waals surface area contributed by atoms with Gasteiger partial charge in [0.1, 0.15) is 5.54 Å². The molecule has 0 spiro atoms. The molecule has 0 aliphatic rings. The van der Waals surface area contributed by atoms with Gasteiger partial charge in [0.05, 0.1) is 12.5 Å². The molecule has 0 amide bonds. The van der Waals surface area contributed by atoms with Crippen molar-refractivity contribution in [3.8, 4) is 6.07 Å². The summed E-state index contributed by atoms with van der Waals surface area (Å²) in [6.07, 6.45) is -5.41. The quantitative estimate of drug-likeness (QED) is 0.860. The summed E-state index contributed by atoms with van der Waals surface area (Å²) >= 11 is 0. The van der Waals surface area contributed by atoms with E-state index in [-0.39, 0.29) is 0 Å². The lowest BCUT2D eigenvalue weighted by atomic mass is 9.87. The maximum absolute atomic E-state index is 13.5. The highest BCUT2D eigenvalue weighted by molar-refractivity contribution is 5.52. The summed E-state index contributed by atoms with van der Waals surface area (Å²) < 4.78 is 64.3. The van der Waals surface area contributed by atoms with E-state index in [4.69, 9.17) is 11.0 Å². The van der Waals surface area contributed by atoms with Crippen LogP contribution in [0, 0.1) is 18.3 Å². The highest BCUT2D eigenvalue weighted by Gasteiger charge is 2.67. The average Bonchev–Trinajstić information content (AvgIpc) is 2.37. The lowest BCUT2D eigenvalue weighted by Gasteiger charge is -2.34. The Morgan fingerprint density at radius 1 is 1.14 bits per heavy atom. The largest absolute Gasteiger partial charge is 0.455 e. The van der Waals surface area contributed by atoms with Crippen LogP contribution in [-0.4, -0.2) is 17.6 Å². The molecule has 21 heavy (non-hydrogen) atoms. The number of alkyl halides is 5. The molecule has 1 unspecified atom stereocenters. The second-order valence-electron chi connectivity index (χ2n) is 4.69. The van der Waals surface area contributed by atoms with Crippen molar-refractivity contribution in [2.45, 2.75) is 31.0 Å². The van der Waals surface area contributed by atoms with Gasteiger partial charge in [-0.25, -0.2) is 0 Å². The van der Waals surface area contributed by atoms with E-state index in [1.54, 1.807) is 31.2 Å². The number of halogens is 5. The molecule has 114 valence electrons. The van der Waals surface area contributed by atoms with E-state index in [0.29, 0.717) is 11.6 Å². The Balaban J connectivity index is 3.17. The summed E-state index contributed by atoms with van der Waals surface area (Å²) in [6.45, 7) is 1.80. The fourth-order valence-corrected chi connectivity index (χ4v) is 1.59. The van der Waals surface area contributed by atoms with Gasteiger partial charge in [-0.2, -0.15) is 27.2 Å². The van der Waals surface area contributed by atoms with Gasteiger partial charge in [0.15, 0.2) is 0 Å². The number of hydrogen-bond donors (Lipinski definition) is 1. The van der Waals surface area contributed by atoms with Crippen LogP contribution in [0.2, 0.25) is 0 Å². The average molecular weight is 304 g/mol. The lowest BCUT2D eigenvalue weighted by Crippen LogP contribution is -2.61. The molecule has 7 heteroatoms. The molecular weight excluding hydrogens is 291 g/mol. The topological polar surface area (TPSA) is 49.8 Å². The molecule has 0 saturated carbocycles. The van der Waals surface area contributed by atoms with Crippen LogP contribution in [0.3, 0.4) is 0 Å². The molecular formula is C14H13F5N2. The number of aryl methyl sites for hydroxylation is 1. The molecule has 0 aliphatic heterocycles. The van der Waals surface area contributed by atoms with Crippen molar-refractivity contribution in [2.75, 3.05) is 0 Å². The SMILES string of the molecule is Cc1ccc(/C=C/C(N)(CC#N)C(F)(F)C(F)(F)F)cc1. The van der Waals surface area contributed by atoms with E-state index in [0.717, 1.165) is 11.6 Å². The molecule has 2 nitrogen and oxygen atoms in total. The standard InChI is InChI=1S/C14H13F5N2/c1-10-2-4-11(5-3-10)6-7-12(21,8-9-20)13(15,16)14(17,18)19/h2-7H,8,21H2,1H3/b7-6+. The van der Waals surface area contributed by atoms with Gasteiger partial charge in [-0.1, -0.05) is 42.0 Å². The van der Waals surface area contributed by atoms with Crippen LogP contribution >= 0.6 is 0 Å². The van der Waals surface area contributed by atoms with Crippen molar-refractivity contribution in [1.82, 2.24) is 0 Å². The molecule has 0 bridgehead atoms. The molecule has 0 saturated heterocycles. The molecule has 1 atom stereocenters. The number of nitriles is 1. The van der Waals surface area contributed by atoms with Gasteiger partial charge in [0.25, 0.3) is 0 Å². The van der Waals surface area contributed by atoms with Crippen molar-refractivity contribution in [3.63, 3.8) is 0 Å². The summed E-state index contributed by atoms with van der Waals surface area (Å²) in [5, 5.41) is 8.50. The van der Waals surface area contributed by atoms with E-state index in [9.17, 15) is 22.0 Å². The predicted molar refractivity (Wildman–Crippen MR) is 68.4 cm³/mol. The Morgan fingerprint density at radius 2 is 1.67 bits per heavy atom. The zero-order valence-corrected chi connectivity index (χ0v) is 11.1. The monoisotopic (exact) mass is 304 g/mol. The molecule has 0 aromatic heterocycles. The molecule has 2 N–H and O–H groups in total. The van der Waals surface area contributed by atoms with Crippen LogP contribution < -0.4 is 5.73 Å². The van der Waals surface area contributed by atoms with Gasteiger partial charge >= 0.3 is 12.1 Å². The molecule has 1 rings (SSSR count). The molecule has 0 radical (unpaired) electrons. The Kier molecular flexibility index (Phi) is 4.74. The number of nitrogens with two attached hydrogens (primary N) is 1. The Labute approximate surface area is 118 Å². The van der Waals surface area contributed by atoms with Crippen molar-refractivity contribution in [3.05, 3.63) is 41.5 Å². The van der Waals surface area contributed by atoms with Crippen LogP contribution in [-0.2, 0) is 0 Å². The van der Waals surface area contributed by atoms with E-state index < -0.39 is 24.1 Å². The zero-order chi connectivity index (χ0) is 16.3. The van der Waals surface area contributed by atoms with Gasteiger partial charge in [0, 0.05) is 0 Å². The first-order chi connectivity index (χ1) is 9.53. The number of rotatable bonds is 4. The van der Waals surface area contributed by atoms with Crippen LogP contribution in [0.5, 0.6) is 0 Å². The molecule has 0 aliphatic carbocycles. The Hall–Kier alpha value is -1.94. The van der Waals surface area contributed by atoms with Crippen LogP contribution in [0.4, 0.5) is 22.0 Å². The lowest BCUT2D eigenvalue weighted by molar-refractivity contribution is -0.300. The first-order valence-corrected chi connectivity index (χ1v) is 5.90. The van der Waals surface area contributed by atoms with E-state index in [1.165, 1.54) is 6.07 Å². The predicted octanol–water partition coefficient (Wildman–Crippen LogP) is 3.82. The number of benzene rings is 1. The number of nitrogens with zero attached hydrogens (tertiary/aromatic N) is 1. The highest BCUT2D eigenvalue weighted by Crippen LogP contribution is 2.44. The van der Waals surface area contributed by atoms with Gasteiger partial charge in [-0.05, 0) is 12.5 Å². The first-order valence-electron chi connectivity index (χ1n) is 5.90. The van der Waals surface area contributed by atoms with Crippen LogP contribution in [0.1, 0.15) is 17.5 Å². The van der Waals surface area contributed by atoms with E-state index in [1.807, 2.05) is 0 Å². The third kappa shape index (κ3) is 3.58. The van der Waals surface area contributed by atoms with Crippen molar-refractivity contribution >= 4 is 6.08 Å². The first kappa shape index (κ1) is 17.1. The fraction of sp³-hybridized carbons (Fsp3) is 0.357. The summed E-state index contributed by atoms with van der Waals surface area (Å²) in [6, 6.07) is 7.71. The molecule has 1 aromatic rings. The maximum Gasteiger partial charge on any atom is 0.455 e. The second-order valence-corrected chi connectivity index (χ2v) is 4.69. The van der Waals surface area contributed by atoms with Crippen LogP contribution in [0.25, 0.3) is 6.08 Å². The third-order valence-corrected chi connectivity index (χ3v) is 2.96. The van der Waals surface area contributed by atoms with Gasteiger partial charge < -0.3 is 5.73 Å². The minimum absolute atomic E-state index is 0.409. The molecule has 1 aromatic carbocycles. The Morgan fingerprint density at radius 3 is 2.10 bits per heavy atom. The van der Waals surface area contributed by atoms with Crippen molar-refractivity contribution in [1.29, 1.82) is 5.26 Å². The third-order valence-electron chi connectivity index (χ3n) is 2.96. The van der Waals surface area contributed by atoms with E-state index in [2.05, 4.69) is 0 Å². The van der Waals surface area contributed by atoms with Gasteiger partial charge in [0.2, 0.25) is 0 Å². The normalized spacial score (nSPS) is 15.7. The van der Waals surface area contributed by atoms with Gasteiger partial charge in [-0.3, -0.25) is 0 Å². The van der Waals surface area contributed by atoms with Gasteiger partial charge in [-0.15, -0.1) is 0 Å². The summed E-state index contributed by atoms with van der Waals surface area (Å²) in [5.41, 5.74) is 3.37. The van der Waals surface area contributed by atoms with Crippen molar-refractivity contribution < 1.29 is 22.0 Å². The maximum atomic E-state index is 13.5. The van der Waals surface area contributed by atoms with E-state index >= 15 is 0 Å². The highest BCUT2D eigenvalue weighted by atomic mass is 19.4. The second kappa shape index (κ2) is 5.82. The summed E-state index contributed by atoms with van der Waals surface area (Å²) in [4.78, 5) is 0. The minimum Gasteiger partial charge on any atom is -0.316 e. The summed E-state index contributed by atoms with van der Waals surface area (Å²) in [7, 11) is 0. The smallest absolute Gasteiger partial charge is 0.316 e. The van der Waals surface area contributed by atoms with Crippen LogP contribution in [0.15, 0.2) is 30.3 Å². The Bertz CT molecular complexity index is 554. The number of hydrogen-bond acceptors (Lipinski definition) is 2.